The van der Waals surface area contributed by atoms with Gasteiger partial charge < -0.3 is 19.9 Å². The first-order valence-electron chi connectivity index (χ1n) is 11.5. The molecule has 32 heavy (non-hydrogen) atoms. The normalized spacial score (nSPS) is 19.5. The van der Waals surface area contributed by atoms with Crippen LogP contribution in [0.1, 0.15) is 43.9 Å². The fraction of sp³-hybridized carbons (Fsp3) is 0.520. The van der Waals surface area contributed by atoms with Crippen molar-refractivity contribution in [3.8, 4) is 5.75 Å². The summed E-state index contributed by atoms with van der Waals surface area (Å²) in [5.41, 5.74) is 1.89. The van der Waals surface area contributed by atoms with E-state index in [9.17, 15) is 9.18 Å². The second kappa shape index (κ2) is 9.86. The van der Waals surface area contributed by atoms with Gasteiger partial charge in [-0.1, -0.05) is 19.1 Å². The fourth-order valence-corrected chi connectivity index (χ4v) is 4.71. The first kappa shape index (κ1) is 22.5. The maximum absolute atomic E-state index is 13.4. The standard InChI is InChI=1S/C25H33FN4O2/c1-3-14-32-22-8-4-19(5-9-22)15-28-24(31)30(17-21-7-6-20(26)16-27-21)23-10-13-29(2)18-25(23)11-12-25/h4-9,16,23H,3,10-15,17-18H2,1-2H3,(H,28,31). The number of aromatic nitrogens is 1. The Morgan fingerprint density at radius 3 is 2.72 bits per heavy atom. The molecule has 1 unspecified atom stereocenters. The van der Waals surface area contributed by atoms with Crippen LogP contribution in [-0.4, -0.2) is 53.6 Å². The molecular weight excluding hydrogens is 407 g/mol. The summed E-state index contributed by atoms with van der Waals surface area (Å²) in [4.78, 5) is 21.9. The molecule has 1 aromatic carbocycles. The zero-order valence-electron chi connectivity index (χ0n) is 19.0. The number of ether oxygens (including phenoxy) is 1. The van der Waals surface area contributed by atoms with Crippen molar-refractivity contribution in [3.63, 3.8) is 0 Å². The summed E-state index contributed by atoms with van der Waals surface area (Å²) < 4.78 is 19.0. The predicted octanol–water partition coefficient (Wildman–Crippen LogP) is 4.21. The van der Waals surface area contributed by atoms with Gasteiger partial charge in [0.15, 0.2) is 0 Å². The van der Waals surface area contributed by atoms with Crippen molar-refractivity contribution in [2.75, 3.05) is 26.7 Å². The monoisotopic (exact) mass is 440 g/mol. The van der Waals surface area contributed by atoms with Gasteiger partial charge in [0.2, 0.25) is 0 Å². The quantitative estimate of drug-likeness (QED) is 0.668. The van der Waals surface area contributed by atoms with Crippen LogP contribution >= 0.6 is 0 Å². The van der Waals surface area contributed by atoms with Crippen molar-refractivity contribution in [1.82, 2.24) is 20.1 Å². The number of nitrogens with zero attached hydrogens (tertiary/aromatic N) is 3. The van der Waals surface area contributed by atoms with Crippen molar-refractivity contribution >= 4 is 6.03 Å². The van der Waals surface area contributed by atoms with E-state index >= 15 is 0 Å². The number of amides is 2. The lowest BCUT2D eigenvalue weighted by atomic mass is 9.87. The molecule has 172 valence electrons. The van der Waals surface area contributed by atoms with Crippen LogP contribution < -0.4 is 10.1 Å². The Bertz CT molecular complexity index is 899. The molecule has 2 aliphatic rings. The Morgan fingerprint density at radius 1 is 1.28 bits per heavy atom. The molecule has 1 aromatic heterocycles. The molecule has 0 radical (unpaired) electrons. The van der Waals surface area contributed by atoms with Crippen LogP contribution in [-0.2, 0) is 13.1 Å². The zero-order valence-corrected chi connectivity index (χ0v) is 19.0. The summed E-state index contributed by atoms with van der Waals surface area (Å²) in [6.07, 6.45) is 5.41. The summed E-state index contributed by atoms with van der Waals surface area (Å²) in [6, 6.07) is 11.0. The lowest BCUT2D eigenvalue weighted by molar-refractivity contribution is 0.0669. The summed E-state index contributed by atoms with van der Waals surface area (Å²) in [7, 11) is 2.15. The van der Waals surface area contributed by atoms with Crippen molar-refractivity contribution in [2.24, 2.45) is 5.41 Å². The number of hydrogen-bond acceptors (Lipinski definition) is 4. The summed E-state index contributed by atoms with van der Waals surface area (Å²) in [5.74, 6) is 0.474. The van der Waals surface area contributed by atoms with E-state index in [4.69, 9.17) is 4.74 Å². The molecule has 6 nitrogen and oxygen atoms in total. The molecule has 1 spiro atoms. The molecule has 4 rings (SSSR count). The molecule has 2 amide bonds. The van der Waals surface area contributed by atoms with E-state index in [1.165, 1.54) is 12.3 Å². The van der Waals surface area contributed by atoms with E-state index < -0.39 is 0 Å². The van der Waals surface area contributed by atoms with E-state index in [0.29, 0.717) is 25.4 Å². The minimum Gasteiger partial charge on any atom is -0.494 e. The van der Waals surface area contributed by atoms with E-state index in [1.54, 1.807) is 6.07 Å². The molecule has 1 atom stereocenters. The third kappa shape index (κ3) is 5.38. The smallest absolute Gasteiger partial charge is 0.318 e. The molecule has 1 saturated heterocycles. The second-order valence-electron chi connectivity index (χ2n) is 9.15. The lowest BCUT2D eigenvalue weighted by Gasteiger charge is -2.43. The number of benzene rings is 1. The van der Waals surface area contributed by atoms with Crippen molar-refractivity contribution in [3.05, 3.63) is 59.7 Å². The number of piperidine rings is 1. The van der Waals surface area contributed by atoms with Gasteiger partial charge in [-0.05, 0) is 69.1 Å². The molecule has 1 aliphatic heterocycles. The number of hydrogen-bond donors (Lipinski definition) is 1. The van der Waals surface area contributed by atoms with Crippen molar-refractivity contribution in [2.45, 2.75) is 51.7 Å². The average Bonchev–Trinajstić information content (AvgIpc) is 3.56. The molecule has 0 bridgehead atoms. The highest BCUT2D eigenvalue weighted by molar-refractivity contribution is 5.74. The molecule has 2 aromatic rings. The van der Waals surface area contributed by atoms with Crippen LogP contribution in [0.5, 0.6) is 5.75 Å². The van der Waals surface area contributed by atoms with Gasteiger partial charge in [-0.3, -0.25) is 4.98 Å². The number of pyridine rings is 1. The maximum atomic E-state index is 13.4. The number of nitrogens with one attached hydrogen (secondary N) is 1. The highest BCUT2D eigenvalue weighted by atomic mass is 19.1. The average molecular weight is 441 g/mol. The van der Waals surface area contributed by atoms with E-state index in [-0.39, 0.29) is 23.3 Å². The van der Waals surface area contributed by atoms with Crippen LogP contribution in [0.3, 0.4) is 0 Å². The van der Waals surface area contributed by atoms with E-state index in [2.05, 4.69) is 29.2 Å². The first-order valence-corrected chi connectivity index (χ1v) is 11.5. The lowest BCUT2D eigenvalue weighted by Crippen LogP contribution is -2.55. The van der Waals surface area contributed by atoms with Crippen LogP contribution in [0.25, 0.3) is 0 Å². The van der Waals surface area contributed by atoms with Crippen LogP contribution in [0, 0.1) is 11.2 Å². The molecule has 1 aliphatic carbocycles. The molecule has 2 fully saturated rings. The van der Waals surface area contributed by atoms with Crippen LogP contribution in [0.15, 0.2) is 42.6 Å². The topological polar surface area (TPSA) is 57.7 Å². The molecule has 1 saturated carbocycles. The number of rotatable bonds is 8. The Balaban J connectivity index is 1.45. The largest absolute Gasteiger partial charge is 0.494 e. The SMILES string of the molecule is CCCOc1ccc(CNC(=O)N(Cc2ccc(F)cn2)C2CCN(C)CC23CC3)cc1. The second-order valence-corrected chi connectivity index (χ2v) is 9.15. The van der Waals surface area contributed by atoms with Crippen LogP contribution in [0.2, 0.25) is 0 Å². The van der Waals surface area contributed by atoms with Crippen LogP contribution in [0.4, 0.5) is 9.18 Å². The van der Waals surface area contributed by atoms with Crippen molar-refractivity contribution < 1.29 is 13.9 Å². The number of carbonyl (C=O) groups is 1. The third-order valence-electron chi connectivity index (χ3n) is 6.57. The van der Waals surface area contributed by atoms with Crippen molar-refractivity contribution in [1.29, 1.82) is 0 Å². The number of halogens is 1. The number of carbonyl (C=O) groups excluding carboxylic acids is 1. The Labute approximate surface area is 189 Å². The minimum atomic E-state index is -0.367. The van der Waals surface area contributed by atoms with Gasteiger partial charge in [-0.2, -0.15) is 0 Å². The maximum Gasteiger partial charge on any atom is 0.318 e. The third-order valence-corrected chi connectivity index (χ3v) is 6.57. The van der Waals surface area contributed by atoms with Gasteiger partial charge in [-0.15, -0.1) is 0 Å². The van der Waals surface area contributed by atoms with Gasteiger partial charge in [0.05, 0.1) is 25.0 Å². The van der Waals surface area contributed by atoms with E-state index in [0.717, 1.165) is 50.1 Å². The summed E-state index contributed by atoms with van der Waals surface area (Å²) >= 11 is 0. The van der Waals surface area contributed by atoms with Gasteiger partial charge in [0.1, 0.15) is 11.6 Å². The summed E-state index contributed by atoms with van der Waals surface area (Å²) in [5, 5.41) is 3.10. The number of likely N-dealkylation sites (tertiary alicyclic amines) is 1. The van der Waals surface area contributed by atoms with Gasteiger partial charge in [0, 0.05) is 24.5 Å². The van der Waals surface area contributed by atoms with Gasteiger partial charge >= 0.3 is 6.03 Å². The highest BCUT2D eigenvalue weighted by Gasteiger charge is 2.54. The molecule has 1 N–H and O–H groups in total. The van der Waals surface area contributed by atoms with E-state index in [1.807, 2.05) is 29.2 Å². The number of urea groups is 1. The van der Waals surface area contributed by atoms with Gasteiger partial charge in [-0.25, -0.2) is 9.18 Å². The Hall–Kier alpha value is -2.67. The zero-order chi connectivity index (χ0) is 22.6. The molecular formula is C25H33FN4O2. The molecule has 7 heteroatoms. The highest BCUT2D eigenvalue weighted by Crippen LogP contribution is 2.54. The predicted molar refractivity (Wildman–Crippen MR) is 122 cm³/mol. The molecule has 2 heterocycles. The Kier molecular flexibility index (Phi) is 6.94. The first-order chi connectivity index (χ1) is 15.5. The minimum absolute atomic E-state index is 0.0942. The Morgan fingerprint density at radius 2 is 2.06 bits per heavy atom. The fourth-order valence-electron chi connectivity index (χ4n) is 4.71. The summed E-state index contributed by atoms with van der Waals surface area (Å²) in [6.45, 7) is 5.57. The van der Waals surface area contributed by atoms with Gasteiger partial charge in [0.25, 0.3) is 0 Å².